The predicted octanol–water partition coefficient (Wildman–Crippen LogP) is 3.59. The maximum atomic E-state index is 6.02. The molecule has 1 N–H and O–H groups in total. The molecule has 0 aliphatic heterocycles. The molecule has 0 fully saturated rings. The minimum Gasteiger partial charge on any atom is -0.493 e. The molecule has 1 aromatic carbocycles. The van der Waals surface area contributed by atoms with Gasteiger partial charge in [-0.25, -0.2) is 0 Å². The second-order valence-corrected chi connectivity index (χ2v) is 6.67. The third-order valence-electron chi connectivity index (χ3n) is 3.01. The molecule has 0 saturated carbocycles. The fraction of sp³-hybridized carbons (Fsp3) is 0.625. The second kappa shape index (κ2) is 8.65. The van der Waals surface area contributed by atoms with Crippen molar-refractivity contribution in [1.82, 2.24) is 10.2 Å². The number of benzene rings is 1. The lowest BCUT2D eigenvalue weighted by molar-refractivity contribution is 0.277. The molecular weight excluding hydrogens is 316 g/mol. The van der Waals surface area contributed by atoms with Crippen LogP contribution in [0.3, 0.4) is 0 Å². The summed E-state index contributed by atoms with van der Waals surface area (Å²) >= 11 is 3.57. The summed E-state index contributed by atoms with van der Waals surface area (Å²) in [6, 6.07) is 4.72. The lowest BCUT2D eigenvalue weighted by Gasteiger charge is -2.17. The van der Waals surface area contributed by atoms with E-state index in [0.717, 1.165) is 36.3 Å². The molecule has 0 amide bonds. The fourth-order valence-electron chi connectivity index (χ4n) is 2.01. The predicted molar refractivity (Wildman–Crippen MR) is 89.5 cm³/mol. The van der Waals surface area contributed by atoms with Gasteiger partial charge in [-0.15, -0.1) is 0 Å². The van der Waals surface area contributed by atoms with Crippen LogP contribution in [0, 0.1) is 6.92 Å². The molecule has 0 unspecified atom stereocenters. The van der Waals surface area contributed by atoms with Crippen LogP contribution in [-0.2, 0) is 6.54 Å². The van der Waals surface area contributed by atoms with Gasteiger partial charge >= 0.3 is 0 Å². The molecule has 0 aliphatic carbocycles. The third-order valence-corrected chi connectivity index (χ3v) is 3.47. The summed E-state index contributed by atoms with van der Waals surface area (Å²) in [5, 5.41) is 3.46. The smallest absolute Gasteiger partial charge is 0.126 e. The van der Waals surface area contributed by atoms with Gasteiger partial charge in [0.05, 0.1) is 6.61 Å². The van der Waals surface area contributed by atoms with Crippen molar-refractivity contribution in [2.24, 2.45) is 0 Å². The van der Waals surface area contributed by atoms with E-state index in [0.29, 0.717) is 6.04 Å². The molecule has 1 aromatic rings. The summed E-state index contributed by atoms with van der Waals surface area (Å²) in [7, 11) is 4.17. The van der Waals surface area contributed by atoms with Crippen LogP contribution in [0.1, 0.15) is 31.4 Å². The Balaban J connectivity index is 2.71. The van der Waals surface area contributed by atoms with E-state index in [9.17, 15) is 0 Å². The van der Waals surface area contributed by atoms with Crippen LogP contribution in [0.15, 0.2) is 16.6 Å². The van der Waals surface area contributed by atoms with Gasteiger partial charge in [-0.1, -0.05) is 29.8 Å². The lowest BCUT2D eigenvalue weighted by atomic mass is 10.1. The summed E-state index contributed by atoms with van der Waals surface area (Å²) in [6.07, 6.45) is 1.04. The average molecular weight is 343 g/mol. The van der Waals surface area contributed by atoms with Crippen LogP contribution >= 0.6 is 15.9 Å². The first kappa shape index (κ1) is 17.5. The van der Waals surface area contributed by atoms with Crippen LogP contribution in [0.4, 0.5) is 0 Å². The maximum Gasteiger partial charge on any atom is 0.126 e. The van der Waals surface area contributed by atoms with Crippen molar-refractivity contribution in [3.05, 3.63) is 27.7 Å². The maximum absolute atomic E-state index is 6.02. The second-order valence-electron chi connectivity index (χ2n) is 5.75. The molecule has 3 nitrogen and oxygen atoms in total. The van der Waals surface area contributed by atoms with Crippen molar-refractivity contribution in [2.45, 2.75) is 39.8 Å². The number of hydrogen-bond donors (Lipinski definition) is 1. The molecule has 0 bridgehead atoms. The van der Waals surface area contributed by atoms with Crippen molar-refractivity contribution in [3.63, 3.8) is 0 Å². The zero-order chi connectivity index (χ0) is 15.1. The van der Waals surface area contributed by atoms with Crippen LogP contribution < -0.4 is 10.1 Å². The van der Waals surface area contributed by atoms with Crippen LogP contribution in [-0.4, -0.2) is 38.2 Å². The number of nitrogens with zero attached hydrogens (tertiary/aromatic N) is 1. The van der Waals surface area contributed by atoms with Gasteiger partial charge < -0.3 is 15.0 Å². The largest absolute Gasteiger partial charge is 0.493 e. The van der Waals surface area contributed by atoms with Gasteiger partial charge in [-0.05, 0) is 45.1 Å². The van der Waals surface area contributed by atoms with E-state index in [4.69, 9.17) is 4.74 Å². The first-order valence-electron chi connectivity index (χ1n) is 7.20. The molecule has 0 saturated heterocycles. The highest BCUT2D eigenvalue weighted by Crippen LogP contribution is 2.28. The van der Waals surface area contributed by atoms with Crippen LogP contribution in [0.2, 0.25) is 0 Å². The van der Waals surface area contributed by atoms with Gasteiger partial charge in [-0.3, -0.25) is 0 Å². The molecule has 0 heterocycles. The Morgan fingerprint density at radius 1 is 1.30 bits per heavy atom. The van der Waals surface area contributed by atoms with Gasteiger partial charge in [0, 0.05) is 29.2 Å². The van der Waals surface area contributed by atoms with Gasteiger partial charge in [0.25, 0.3) is 0 Å². The van der Waals surface area contributed by atoms with Gasteiger partial charge in [0.1, 0.15) is 5.75 Å². The molecule has 0 radical (unpaired) electrons. The van der Waals surface area contributed by atoms with Crippen molar-refractivity contribution in [1.29, 1.82) is 0 Å². The molecule has 4 heteroatoms. The molecule has 0 atom stereocenters. The highest BCUT2D eigenvalue weighted by Gasteiger charge is 2.09. The van der Waals surface area contributed by atoms with Gasteiger partial charge in [-0.2, -0.15) is 0 Å². The quantitative estimate of drug-likeness (QED) is 0.730. The molecular formula is C16H27BrN2O. The number of aryl methyl sites for hydroxylation is 1. The molecule has 20 heavy (non-hydrogen) atoms. The van der Waals surface area contributed by atoms with E-state index < -0.39 is 0 Å². The Labute approximate surface area is 131 Å². The van der Waals surface area contributed by atoms with Crippen molar-refractivity contribution in [2.75, 3.05) is 27.2 Å². The third kappa shape index (κ3) is 6.25. The zero-order valence-corrected chi connectivity index (χ0v) is 14.9. The van der Waals surface area contributed by atoms with Crippen LogP contribution in [0.5, 0.6) is 5.75 Å². The normalized spacial score (nSPS) is 11.4. The first-order valence-corrected chi connectivity index (χ1v) is 7.99. The average Bonchev–Trinajstić information content (AvgIpc) is 2.33. The van der Waals surface area contributed by atoms with Crippen LogP contribution in [0.25, 0.3) is 0 Å². The number of nitrogens with one attached hydrogen (secondary N) is 1. The Morgan fingerprint density at radius 3 is 2.60 bits per heavy atom. The van der Waals surface area contributed by atoms with E-state index in [-0.39, 0.29) is 0 Å². The summed E-state index contributed by atoms with van der Waals surface area (Å²) in [6.45, 7) is 9.06. The Hall–Kier alpha value is -0.580. The number of ether oxygens (including phenoxy) is 1. The van der Waals surface area contributed by atoms with E-state index >= 15 is 0 Å². The number of halogens is 1. The molecule has 0 aromatic heterocycles. The van der Waals surface area contributed by atoms with Gasteiger partial charge in [0.15, 0.2) is 0 Å². The Bertz CT molecular complexity index is 419. The van der Waals surface area contributed by atoms with Crippen molar-refractivity contribution in [3.8, 4) is 5.75 Å². The van der Waals surface area contributed by atoms with E-state index in [1.807, 2.05) is 0 Å². The summed E-state index contributed by atoms with van der Waals surface area (Å²) in [5.41, 5.74) is 2.40. The standard InChI is InChI=1S/C16H27BrN2O/c1-12(2)18-11-14-10-15(17)9-13(3)16(14)20-8-6-7-19(4)5/h9-10,12,18H,6-8,11H2,1-5H3. The number of hydrogen-bond acceptors (Lipinski definition) is 3. The Kier molecular flexibility index (Phi) is 7.56. The van der Waals surface area contributed by atoms with E-state index in [2.05, 4.69) is 73.1 Å². The van der Waals surface area contributed by atoms with Gasteiger partial charge in [0.2, 0.25) is 0 Å². The summed E-state index contributed by atoms with van der Waals surface area (Å²) < 4.78 is 7.13. The van der Waals surface area contributed by atoms with E-state index in [1.165, 1.54) is 11.1 Å². The van der Waals surface area contributed by atoms with Crippen molar-refractivity contribution >= 4 is 15.9 Å². The minimum absolute atomic E-state index is 0.468. The summed E-state index contributed by atoms with van der Waals surface area (Å²) in [5.74, 6) is 1.03. The minimum atomic E-state index is 0.468. The SMILES string of the molecule is Cc1cc(Br)cc(CNC(C)C)c1OCCCN(C)C. The van der Waals surface area contributed by atoms with E-state index in [1.54, 1.807) is 0 Å². The zero-order valence-electron chi connectivity index (χ0n) is 13.3. The number of rotatable bonds is 8. The molecule has 1 rings (SSSR count). The van der Waals surface area contributed by atoms with Crippen molar-refractivity contribution < 1.29 is 4.74 Å². The topological polar surface area (TPSA) is 24.5 Å². The molecule has 0 spiro atoms. The monoisotopic (exact) mass is 342 g/mol. The lowest BCUT2D eigenvalue weighted by Crippen LogP contribution is -2.22. The summed E-state index contributed by atoms with van der Waals surface area (Å²) in [4.78, 5) is 2.18. The molecule has 114 valence electrons. The molecule has 0 aliphatic rings. The Morgan fingerprint density at radius 2 is 2.00 bits per heavy atom. The first-order chi connectivity index (χ1) is 9.40. The highest BCUT2D eigenvalue weighted by molar-refractivity contribution is 9.10. The fourth-order valence-corrected chi connectivity index (χ4v) is 2.63. The highest BCUT2D eigenvalue weighted by atomic mass is 79.9.